The van der Waals surface area contributed by atoms with Crippen LogP contribution < -0.4 is 4.31 Å². The van der Waals surface area contributed by atoms with Crippen molar-refractivity contribution < 1.29 is 17.2 Å². The molecule has 1 aromatic carbocycles. The zero-order valence-electron chi connectivity index (χ0n) is 11.3. The van der Waals surface area contributed by atoms with E-state index in [1.807, 2.05) is 24.3 Å². The predicted molar refractivity (Wildman–Crippen MR) is 85.5 cm³/mol. The van der Waals surface area contributed by atoms with Gasteiger partial charge in [0.05, 0.1) is 11.0 Å². The molecule has 0 spiro atoms. The van der Waals surface area contributed by atoms with Crippen molar-refractivity contribution in [1.29, 1.82) is 0 Å². The number of benzene rings is 1. The van der Waals surface area contributed by atoms with Crippen LogP contribution in [0.3, 0.4) is 0 Å². The van der Waals surface area contributed by atoms with Crippen LogP contribution in [-0.4, -0.2) is 39.8 Å². The second-order valence-electron chi connectivity index (χ2n) is 4.43. The number of alkyl halides is 2. The van der Waals surface area contributed by atoms with Crippen molar-refractivity contribution in [3.05, 3.63) is 28.7 Å². The summed E-state index contributed by atoms with van der Waals surface area (Å²) in [6.45, 7) is -0.883. The van der Waals surface area contributed by atoms with E-state index >= 15 is 0 Å². The maximum atomic E-state index is 12.8. The van der Waals surface area contributed by atoms with Crippen molar-refractivity contribution in [2.45, 2.75) is 6.43 Å². The summed E-state index contributed by atoms with van der Waals surface area (Å²) in [6.07, 6.45) is -2.77. The molecule has 2 aromatic rings. The number of thiophene rings is 1. The summed E-state index contributed by atoms with van der Waals surface area (Å²) in [5, 5.41) is 1.05. The van der Waals surface area contributed by atoms with Crippen molar-refractivity contribution >= 4 is 52.6 Å². The van der Waals surface area contributed by atoms with Crippen molar-refractivity contribution in [3.8, 4) is 0 Å². The van der Waals surface area contributed by atoms with Crippen LogP contribution in [0.1, 0.15) is 0 Å². The molecule has 0 saturated carbocycles. The van der Waals surface area contributed by atoms with Crippen molar-refractivity contribution in [3.63, 3.8) is 0 Å². The molecule has 0 unspecified atom stereocenters. The van der Waals surface area contributed by atoms with Gasteiger partial charge in [0.2, 0.25) is 0 Å². The summed E-state index contributed by atoms with van der Waals surface area (Å²) in [6, 6.07) is 7.24. The molecule has 9 heteroatoms. The van der Waals surface area contributed by atoms with Gasteiger partial charge in [0.25, 0.3) is 6.43 Å². The smallest absolute Gasteiger partial charge is 0.241 e. The Morgan fingerprint density at radius 2 is 1.90 bits per heavy atom. The van der Waals surface area contributed by atoms with Crippen LogP contribution in [-0.2, 0) is 10.2 Å². The van der Waals surface area contributed by atoms with Crippen molar-refractivity contribution in [2.75, 3.05) is 24.9 Å². The van der Waals surface area contributed by atoms with Gasteiger partial charge in [-0.1, -0.05) is 18.2 Å². The third-order valence-electron chi connectivity index (χ3n) is 2.79. The predicted octanol–water partition coefficient (Wildman–Crippen LogP) is 3.54. The van der Waals surface area contributed by atoms with E-state index in [9.17, 15) is 17.2 Å². The van der Waals surface area contributed by atoms with E-state index in [1.165, 1.54) is 14.1 Å². The number of halogens is 3. The minimum Gasteiger partial charge on any atom is -0.241 e. The van der Waals surface area contributed by atoms with Crippen molar-refractivity contribution in [1.82, 2.24) is 4.31 Å². The average molecular weight is 399 g/mol. The molecule has 0 bridgehead atoms. The Balaban J connectivity index is 2.62. The Morgan fingerprint density at radius 1 is 1.29 bits per heavy atom. The van der Waals surface area contributed by atoms with E-state index in [2.05, 4.69) is 15.9 Å². The first-order chi connectivity index (χ1) is 9.75. The normalized spacial score (nSPS) is 12.5. The quantitative estimate of drug-likeness (QED) is 0.772. The number of hydrogen-bond donors (Lipinski definition) is 0. The molecule has 0 N–H and O–H groups in total. The summed E-state index contributed by atoms with van der Waals surface area (Å²) in [5.74, 6) is 0. The van der Waals surface area contributed by atoms with E-state index in [4.69, 9.17) is 0 Å². The highest BCUT2D eigenvalue weighted by molar-refractivity contribution is 9.10. The molecule has 0 atom stereocenters. The number of fused-ring (bicyclic) bond motifs is 1. The third-order valence-corrected chi connectivity index (χ3v) is 6.97. The number of hydrogen-bond acceptors (Lipinski definition) is 3. The Labute approximate surface area is 134 Å². The maximum Gasteiger partial charge on any atom is 0.304 e. The molecule has 0 fully saturated rings. The van der Waals surface area contributed by atoms with E-state index in [0.29, 0.717) is 4.47 Å². The molecule has 21 heavy (non-hydrogen) atoms. The minimum atomic E-state index is -3.99. The lowest BCUT2D eigenvalue weighted by molar-refractivity contribution is 0.159. The van der Waals surface area contributed by atoms with E-state index < -0.39 is 23.2 Å². The Kier molecular flexibility index (Phi) is 4.86. The monoisotopic (exact) mass is 398 g/mol. The number of nitrogens with zero attached hydrogens (tertiary/aromatic N) is 2. The lowest BCUT2D eigenvalue weighted by Crippen LogP contribution is -2.42. The minimum absolute atomic E-state index is 0.255. The van der Waals surface area contributed by atoms with Gasteiger partial charge >= 0.3 is 10.2 Å². The summed E-state index contributed by atoms with van der Waals surface area (Å²) in [4.78, 5) is 0. The summed E-state index contributed by atoms with van der Waals surface area (Å²) < 4.78 is 53.2. The maximum absolute atomic E-state index is 12.8. The molecule has 116 valence electrons. The Morgan fingerprint density at radius 3 is 2.43 bits per heavy atom. The van der Waals surface area contributed by atoms with E-state index in [0.717, 1.165) is 30.0 Å². The lowest BCUT2D eigenvalue weighted by atomic mass is 10.3. The molecule has 2 rings (SSSR count). The summed E-state index contributed by atoms with van der Waals surface area (Å²) in [5.41, 5.74) is 0. The average Bonchev–Trinajstić information content (AvgIpc) is 2.73. The van der Waals surface area contributed by atoms with Crippen LogP contribution in [0.25, 0.3) is 10.1 Å². The third kappa shape index (κ3) is 3.20. The van der Waals surface area contributed by atoms with Gasteiger partial charge in [0.15, 0.2) is 0 Å². The molecule has 0 radical (unpaired) electrons. The number of anilines is 1. The second-order valence-corrected chi connectivity index (χ2v) is 8.32. The fraction of sp³-hybridized carbons (Fsp3) is 0.333. The molecule has 4 nitrogen and oxygen atoms in total. The molecule has 0 amide bonds. The fourth-order valence-electron chi connectivity index (χ4n) is 1.77. The van der Waals surface area contributed by atoms with Gasteiger partial charge in [-0.2, -0.15) is 12.7 Å². The van der Waals surface area contributed by atoms with Crippen LogP contribution in [0, 0.1) is 0 Å². The number of rotatable bonds is 5. The summed E-state index contributed by atoms with van der Waals surface area (Å²) >= 11 is 4.48. The standard InChI is InChI=1S/C12H13BrF2N2O2S2/c1-16(2)21(18,19)17(7-10(14)15)12-11(13)8-5-3-4-6-9(8)20-12/h3-6,10H,7H2,1-2H3. The van der Waals surface area contributed by atoms with Gasteiger partial charge in [-0.15, -0.1) is 11.3 Å². The first kappa shape index (κ1) is 16.6. The fourth-order valence-corrected chi connectivity index (χ4v) is 5.22. The van der Waals surface area contributed by atoms with Crippen LogP contribution >= 0.6 is 27.3 Å². The van der Waals surface area contributed by atoms with Gasteiger partial charge in [0, 0.05) is 24.2 Å². The zero-order chi connectivity index (χ0) is 15.8. The summed E-state index contributed by atoms with van der Waals surface area (Å²) in [7, 11) is -1.36. The molecular weight excluding hydrogens is 386 g/mol. The molecule has 0 aliphatic heterocycles. The molecular formula is C12H13BrF2N2O2S2. The van der Waals surface area contributed by atoms with Gasteiger partial charge in [-0.3, -0.25) is 0 Å². The SMILES string of the molecule is CN(C)S(=O)(=O)N(CC(F)F)c1sc2ccccc2c1Br. The van der Waals surface area contributed by atoms with E-state index in [1.54, 1.807) is 0 Å². The molecule has 0 saturated heterocycles. The highest BCUT2D eigenvalue weighted by Crippen LogP contribution is 2.43. The molecule has 0 aliphatic rings. The second kappa shape index (κ2) is 6.15. The largest absolute Gasteiger partial charge is 0.304 e. The Hall–Kier alpha value is -0.770. The highest BCUT2D eigenvalue weighted by Gasteiger charge is 2.31. The topological polar surface area (TPSA) is 40.6 Å². The van der Waals surface area contributed by atoms with Gasteiger partial charge < -0.3 is 0 Å². The van der Waals surface area contributed by atoms with Crippen LogP contribution in [0.4, 0.5) is 13.8 Å². The van der Waals surface area contributed by atoms with Gasteiger partial charge in [0.1, 0.15) is 5.00 Å². The highest BCUT2D eigenvalue weighted by atomic mass is 79.9. The van der Waals surface area contributed by atoms with Crippen LogP contribution in [0.5, 0.6) is 0 Å². The lowest BCUT2D eigenvalue weighted by Gasteiger charge is -2.26. The first-order valence-electron chi connectivity index (χ1n) is 5.90. The van der Waals surface area contributed by atoms with Crippen LogP contribution in [0.2, 0.25) is 0 Å². The van der Waals surface area contributed by atoms with Gasteiger partial charge in [-0.25, -0.2) is 13.1 Å². The molecule has 1 heterocycles. The Bertz CT molecular complexity index is 747. The van der Waals surface area contributed by atoms with E-state index in [-0.39, 0.29) is 5.00 Å². The van der Waals surface area contributed by atoms with Crippen molar-refractivity contribution in [2.24, 2.45) is 0 Å². The van der Waals surface area contributed by atoms with Gasteiger partial charge in [-0.05, 0) is 22.0 Å². The van der Waals surface area contributed by atoms with Crippen LogP contribution in [0.15, 0.2) is 28.7 Å². The first-order valence-corrected chi connectivity index (χ1v) is 8.91. The molecule has 1 aromatic heterocycles. The molecule has 0 aliphatic carbocycles. The zero-order valence-corrected chi connectivity index (χ0v) is 14.5.